The number of benzene rings is 1. The molecule has 0 aliphatic heterocycles. The van der Waals surface area contributed by atoms with Crippen LogP contribution in [-0.2, 0) is 6.54 Å². The zero-order valence-corrected chi connectivity index (χ0v) is 10.9. The maximum absolute atomic E-state index is 10.1. The Hall–Kier alpha value is -2.05. The van der Waals surface area contributed by atoms with Gasteiger partial charge in [0.05, 0.1) is 11.4 Å². The molecular weight excluding hydrogens is 260 g/mol. The predicted molar refractivity (Wildman–Crippen MR) is 72.5 cm³/mol. The summed E-state index contributed by atoms with van der Waals surface area (Å²) in [5.74, 6) is 0.593. The SMILES string of the molecule is OC(Cn1nnc(-c2cccs2)n1)c1ccccc1. The van der Waals surface area contributed by atoms with Crippen molar-refractivity contribution in [3.8, 4) is 10.7 Å². The van der Waals surface area contributed by atoms with Gasteiger partial charge in [0.1, 0.15) is 6.10 Å². The highest BCUT2D eigenvalue weighted by atomic mass is 32.1. The topological polar surface area (TPSA) is 63.8 Å². The Bertz CT molecular complexity index is 636. The van der Waals surface area contributed by atoms with Crippen LogP contribution < -0.4 is 0 Å². The van der Waals surface area contributed by atoms with Gasteiger partial charge in [-0.2, -0.15) is 4.80 Å². The van der Waals surface area contributed by atoms with Crippen molar-refractivity contribution in [1.82, 2.24) is 20.2 Å². The van der Waals surface area contributed by atoms with E-state index >= 15 is 0 Å². The van der Waals surface area contributed by atoms with Crippen molar-refractivity contribution in [3.63, 3.8) is 0 Å². The first kappa shape index (κ1) is 12.0. The molecule has 0 saturated heterocycles. The molecule has 19 heavy (non-hydrogen) atoms. The summed E-state index contributed by atoms with van der Waals surface area (Å²) >= 11 is 1.56. The fraction of sp³-hybridized carbons (Fsp3) is 0.154. The number of rotatable bonds is 4. The molecule has 6 heteroatoms. The van der Waals surface area contributed by atoms with Gasteiger partial charge in [-0.3, -0.25) is 0 Å². The van der Waals surface area contributed by atoms with Crippen LogP contribution in [0.3, 0.4) is 0 Å². The van der Waals surface area contributed by atoms with Crippen molar-refractivity contribution in [2.24, 2.45) is 0 Å². The lowest BCUT2D eigenvalue weighted by molar-refractivity contribution is 0.144. The van der Waals surface area contributed by atoms with Gasteiger partial charge in [-0.05, 0) is 22.2 Å². The standard InChI is InChI=1S/C13H12N4OS/c18-11(10-5-2-1-3-6-10)9-17-15-13(14-16-17)12-7-4-8-19-12/h1-8,11,18H,9H2. The van der Waals surface area contributed by atoms with E-state index in [2.05, 4.69) is 15.4 Å². The summed E-state index contributed by atoms with van der Waals surface area (Å²) < 4.78 is 0. The second-order valence-electron chi connectivity index (χ2n) is 4.07. The number of thiophene rings is 1. The fourth-order valence-electron chi connectivity index (χ4n) is 1.76. The van der Waals surface area contributed by atoms with E-state index in [9.17, 15) is 5.11 Å². The summed E-state index contributed by atoms with van der Waals surface area (Å²) in [7, 11) is 0. The number of hydrogen-bond acceptors (Lipinski definition) is 5. The third kappa shape index (κ3) is 2.69. The molecule has 0 spiro atoms. The van der Waals surface area contributed by atoms with Gasteiger partial charge in [-0.15, -0.1) is 21.5 Å². The number of hydrogen-bond donors (Lipinski definition) is 1. The number of aliphatic hydroxyl groups excluding tert-OH is 1. The summed E-state index contributed by atoms with van der Waals surface area (Å²) in [5.41, 5.74) is 0.845. The average Bonchev–Trinajstić information content (AvgIpc) is 3.10. The molecule has 1 aromatic carbocycles. The van der Waals surface area contributed by atoms with Gasteiger partial charge in [0.15, 0.2) is 0 Å². The van der Waals surface area contributed by atoms with Crippen LogP contribution in [0.1, 0.15) is 11.7 Å². The maximum Gasteiger partial charge on any atom is 0.214 e. The lowest BCUT2D eigenvalue weighted by atomic mass is 10.1. The third-order valence-electron chi connectivity index (χ3n) is 2.71. The first-order valence-corrected chi connectivity index (χ1v) is 6.75. The van der Waals surface area contributed by atoms with Gasteiger partial charge < -0.3 is 5.11 Å². The van der Waals surface area contributed by atoms with Crippen LogP contribution in [0.4, 0.5) is 0 Å². The zero-order chi connectivity index (χ0) is 13.1. The first-order valence-electron chi connectivity index (χ1n) is 5.87. The van der Waals surface area contributed by atoms with Crippen LogP contribution in [-0.4, -0.2) is 25.3 Å². The molecule has 0 bridgehead atoms. The molecule has 0 radical (unpaired) electrons. The van der Waals surface area contributed by atoms with Gasteiger partial charge in [-0.25, -0.2) is 0 Å². The molecule has 2 aromatic heterocycles. The van der Waals surface area contributed by atoms with Crippen molar-refractivity contribution in [1.29, 1.82) is 0 Å². The monoisotopic (exact) mass is 272 g/mol. The van der Waals surface area contributed by atoms with Crippen LogP contribution in [0.15, 0.2) is 47.8 Å². The summed E-state index contributed by atoms with van der Waals surface area (Å²) in [6.45, 7) is 0.294. The summed E-state index contributed by atoms with van der Waals surface area (Å²) in [6.07, 6.45) is -0.633. The Morgan fingerprint density at radius 3 is 2.74 bits per heavy atom. The minimum atomic E-state index is -0.633. The van der Waals surface area contributed by atoms with Crippen molar-refractivity contribution >= 4 is 11.3 Å². The molecule has 0 amide bonds. The van der Waals surface area contributed by atoms with Crippen LogP contribution in [0, 0.1) is 0 Å². The smallest absolute Gasteiger partial charge is 0.214 e. The van der Waals surface area contributed by atoms with Crippen LogP contribution in [0.5, 0.6) is 0 Å². The van der Waals surface area contributed by atoms with E-state index in [4.69, 9.17) is 0 Å². The first-order chi connectivity index (χ1) is 9.33. The Morgan fingerprint density at radius 2 is 2.00 bits per heavy atom. The Morgan fingerprint density at radius 1 is 1.16 bits per heavy atom. The third-order valence-corrected chi connectivity index (χ3v) is 3.58. The van der Waals surface area contributed by atoms with E-state index in [1.165, 1.54) is 4.80 Å². The average molecular weight is 272 g/mol. The van der Waals surface area contributed by atoms with E-state index in [0.29, 0.717) is 12.4 Å². The number of nitrogens with zero attached hydrogens (tertiary/aromatic N) is 4. The molecule has 1 atom stereocenters. The normalized spacial score (nSPS) is 12.5. The van der Waals surface area contributed by atoms with Crippen molar-refractivity contribution < 1.29 is 5.11 Å². The highest BCUT2D eigenvalue weighted by molar-refractivity contribution is 7.13. The minimum Gasteiger partial charge on any atom is -0.386 e. The molecule has 0 saturated carbocycles. The maximum atomic E-state index is 10.1. The highest BCUT2D eigenvalue weighted by Crippen LogP contribution is 2.20. The van der Waals surface area contributed by atoms with Crippen LogP contribution >= 0.6 is 11.3 Å². The molecule has 0 aliphatic rings. The molecular formula is C13H12N4OS. The number of tetrazole rings is 1. The summed E-state index contributed by atoms with van der Waals surface area (Å²) in [4.78, 5) is 2.40. The molecule has 0 aliphatic carbocycles. The van der Waals surface area contributed by atoms with Crippen molar-refractivity contribution in [3.05, 3.63) is 53.4 Å². The van der Waals surface area contributed by atoms with Crippen LogP contribution in [0.2, 0.25) is 0 Å². The zero-order valence-electron chi connectivity index (χ0n) is 10.0. The van der Waals surface area contributed by atoms with Crippen molar-refractivity contribution in [2.45, 2.75) is 12.6 Å². The van der Waals surface area contributed by atoms with Crippen LogP contribution in [0.25, 0.3) is 10.7 Å². The van der Waals surface area contributed by atoms with Gasteiger partial charge in [0, 0.05) is 0 Å². The fourth-order valence-corrected chi connectivity index (χ4v) is 2.41. The molecule has 3 aromatic rings. The second kappa shape index (κ2) is 5.29. The summed E-state index contributed by atoms with van der Waals surface area (Å²) in [5, 5.41) is 24.3. The Labute approximate surface area is 114 Å². The molecule has 1 unspecified atom stereocenters. The molecule has 0 fully saturated rings. The lowest BCUT2D eigenvalue weighted by Crippen LogP contribution is -2.11. The molecule has 5 nitrogen and oxygen atoms in total. The number of aliphatic hydroxyl groups is 1. The van der Waals surface area contributed by atoms with Crippen molar-refractivity contribution in [2.75, 3.05) is 0 Å². The molecule has 1 N–H and O–H groups in total. The van der Waals surface area contributed by atoms with Gasteiger partial charge >= 0.3 is 0 Å². The lowest BCUT2D eigenvalue weighted by Gasteiger charge is -2.08. The quantitative estimate of drug-likeness (QED) is 0.790. The Balaban J connectivity index is 1.74. The summed E-state index contributed by atoms with van der Waals surface area (Å²) in [6, 6.07) is 13.3. The molecule has 2 heterocycles. The van der Waals surface area contributed by atoms with E-state index < -0.39 is 6.10 Å². The largest absolute Gasteiger partial charge is 0.386 e. The highest BCUT2D eigenvalue weighted by Gasteiger charge is 2.12. The van der Waals surface area contributed by atoms with E-state index in [0.717, 1.165) is 10.4 Å². The van der Waals surface area contributed by atoms with E-state index in [1.54, 1.807) is 11.3 Å². The molecule has 3 rings (SSSR count). The van der Waals surface area contributed by atoms with E-state index in [1.807, 2.05) is 47.8 Å². The Kier molecular flexibility index (Phi) is 3.35. The second-order valence-corrected chi connectivity index (χ2v) is 5.02. The minimum absolute atomic E-state index is 0.294. The van der Waals surface area contributed by atoms with Gasteiger partial charge in [0.2, 0.25) is 5.82 Å². The van der Waals surface area contributed by atoms with Gasteiger partial charge in [-0.1, -0.05) is 36.4 Å². The number of aromatic nitrogens is 4. The molecule has 96 valence electrons. The van der Waals surface area contributed by atoms with E-state index in [-0.39, 0.29) is 0 Å². The predicted octanol–water partition coefficient (Wildman–Crippen LogP) is 2.14. The van der Waals surface area contributed by atoms with Gasteiger partial charge in [0.25, 0.3) is 0 Å².